The monoisotopic (exact) mass is 286 g/mol. The summed E-state index contributed by atoms with van der Waals surface area (Å²) in [5.74, 6) is 0.629. The molecular weight excluding hydrogens is 272 g/mol. The Morgan fingerprint density at radius 3 is 2.65 bits per heavy atom. The average molecular weight is 286 g/mol. The Morgan fingerprint density at radius 2 is 1.90 bits per heavy atom. The molecule has 3 rings (SSSR count). The summed E-state index contributed by atoms with van der Waals surface area (Å²) in [6.45, 7) is 4.01. The fourth-order valence-corrected chi connectivity index (χ4v) is 3.51. The van der Waals surface area contributed by atoms with Crippen LogP contribution in [0.4, 0.5) is 0 Å². The molecule has 4 heteroatoms. The van der Waals surface area contributed by atoms with Crippen molar-refractivity contribution in [2.45, 2.75) is 30.1 Å². The van der Waals surface area contributed by atoms with Gasteiger partial charge < -0.3 is 9.84 Å². The standard InChI is InChI=1S/C16H14O3S/c1-9-3-4-12-13(6-9)20-14-7-10(2)5-11(8-15(17)18)16(14)19-12/h3-7H,8H2,1-2H3,(H,17,18). The number of carboxylic acid groups (broad SMARTS) is 1. The van der Waals surface area contributed by atoms with Gasteiger partial charge in [-0.3, -0.25) is 4.79 Å². The second-order valence-electron chi connectivity index (χ2n) is 4.98. The lowest BCUT2D eigenvalue weighted by atomic mass is 10.1. The average Bonchev–Trinajstić information content (AvgIpc) is 2.35. The molecule has 0 fully saturated rings. The second-order valence-corrected chi connectivity index (χ2v) is 6.06. The number of rotatable bonds is 2. The maximum atomic E-state index is 11.0. The number of hydrogen-bond acceptors (Lipinski definition) is 3. The largest absolute Gasteiger partial charge is 0.481 e. The van der Waals surface area contributed by atoms with E-state index >= 15 is 0 Å². The highest BCUT2D eigenvalue weighted by Crippen LogP contribution is 2.49. The molecule has 0 saturated carbocycles. The van der Waals surface area contributed by atoms with E-state index in [1.165, 1.54) is 5.56 Å². The normalized spacial score (nSPS) is 12.3. The molecule has 0 bridgehead atoms. The molecule has 102 valence electrons. The SMILES string of the molecule is Cc1ccc2c(c1)Sc1cc(C)cc(CC(=O)O)c1O2. The van der Waals surface area contributed by atoms with Crippen LogP contribution in [0.1, 0.15) is 16.7 Å². The van der Waals surface area contributed by atoms with Gasteiger partial charge >= 0.3 is 5.97 Å². The van der Waals surface area contributed by atoms with Gasteiger partial charge in [-0.15, -0.1) is 0 Å². The van der Waals surface area contributed by atoms with Crippen LogP contribution in [0.15, 0.2) is 40.1 Å². The highest BCUT2D eigenvalue weighted by atomic mass is 32.2. The first-order valence-corrected chi connectivity index (χ1v) is 7.16. The fourth-order valence-electron chi connectivity index (χ4n) is 2.31. The van der Waals surface area contributed by atoms with Gasteiger partial charge in [0.1, 0.15) is 11.5 Å². The maximum Gasteiger partial charge on any atom is 0.307 e. The van der Waals surface area contributed by atoms with Crippen molar-refractivity contribution in [1.29, 1.82) is 0 Å². The number of carbonyl (C=O) groups is 1. The van der Waals surface area contributed by atoms with Gasteiger partial charge in [-0.2, -0.15) is 0 Å². The van der Waals surface area contributed by atoms with E-state index < -0.39 is 5.97 Å². The molecule has 0 unspecified atom stereocenters. The lowest BCUT2D eigenvalue weighted by Gasteiger charge is -2.22. The number of fused-ring (bicyclic) bond motifs is 2. The van der Waals surface area contributed by atoms with E-state index in [1.54, 1.807) is 11.8 Å². The Labute approximate surface area is 121 Å². The van der Waals surface area contributed by atoms with E-state index in [0.29, 0.717) is 5.75 Å². The lowest BCUT2D eigenvalue weighted by Crippen LogP contribution is -2.05. The van der Waals surface area contributed by atoms with E-state index in [-0.39, 0.29) is 6.42 Å². The zero-order valence-corrected chi connectivity index (χ0v) is 12.1. The van der Waals surface area contributed by atoms with E-state index in [1.807, 2.05) is 38.1 Å². The zero-order chi connectivity index (χ0) is 14.3. The van der Waals surface area contributed by atoms with Gasteiger partial charge in [0.2, 0.25) is 0 Å². The third kappa shape index (κ3) is 2.39. The van der Waals surface area contributed by atoms with Gasteiger partial charge in [-0.05, 0) is 43.2 Å². The molecule has 2 aromatic carbocycles. The minimum absolute atomic E-state index is 0.0221. The molecule has 0 spiro atoms. The Balaban J connectivity index is 2.08. The van der Waals surface area contributed by atoms with E-state index in [9.17, 15) is 4.79 Å². The summed E-state index contributed by atoms with van der Waals surface area (Å²) in [5.41, 5.74) is 2.96. The van der Waals surface area contributed by atoms with Crippen molar-refractivity contribution in [2.24, 2.45) is 0 Å². The number of carboxylic acids is 1. The minimum Gasteiger partial charge on any atom is -0.481 e. The van der Waals surface area contributed by atoms with Crippen molar-refractivity contribution in [3.63, 3.8) is 0 Å². The first-order valence-electron chi connectivity index (χ1n) is 6.34. The van der Waals surface area contributed by atoms with Crippen LogP contribution in [0, 0.1) is 13.8 Å². The molecule has 0 aromatic heterocycles. The molecule has 20 heavy (non-hydrogen) atoms. The van der Waals surface area contributed by atoms with Crippen LogP contribution in [-0.2, 0) is 11.2 Å². The Kier molecular flexibility index (Phi) is 3.18. The van der Waals surface area contributed by atoms with Crippen molar-refractivity contribution >= 4 is 17.7 Å². The summed E-state index contributed by atoms with van der Waals surface area (Å²) in [6, 6.07) is 9.94. The highest BCUT2D eigenvalue weighted by Gasteiger charge is 2.22. The van der Waals surface area contributed by atoms with Crippen LogP contribution in [-0.4, -0.2) is 11.1 Å². The Hall–Kier alpha value is -1.94. The summed E-state index contributed by atoms with van der Waals surface area (Å²) in [7, 11) is 0. The van der Waals surface area contributed by atoms with Gasteiger partial charge in [0.15, 0.2) is 0 Å². The summed E-state index contributed by atoms with van der Waals surface area (Å²) in [4.78, 5) is 13.1. The smallest absolute Gasteiger partial charge is 0.307 e. The topological polar surface area (TPSA) is 46.5 Å². The van der Waals surface area contributed by atoms with Crippen LogP contribution in [0.2, 0.25) is 0 Å². The second kappa shape index (κ2) is 4.87. The van der Waals surface area contributed by atoms with E-state index in [0.717, 1.165) is 26.7 Å². The molecule has 3 nitrogen and oxygen atoms in total. The molecule has 1 aliphatic rings. The molecule has 0 aliphatic carbocycles. The number of benzene rings is 2. The molecule has 0 saturated heterocycles. The number of ether oxygens (including phenoxy) is 1. The van der Waals surface area contributed by atoms with E-state index in [4.69, 9.17) is 9.84 Å². The van der Waals surface area contributed by atoms with Crippen LogP contribution < -0.4 is 4.74 Å². The van der Waals surface area contributed by atoms with Crippen molar-refractivity contribution in [1.82, 2.24) is 0 Å². The van der Waals surface area contributed by atoms with E-state index in [2.05, 4.69) is 6.07 Å². The van der Waals surface area contributed by atoms with Gasteiger partial charge in [-0.25, -0.2) is 0 Å². The third-order valence-electron chi connectivity index (χ3n) is 3.15. The predicted octanol–water partition coefficient (Wildman–Crippen LogP) is 4.19. The van der Waals surface area contributed by atoms with Crippen molar-refractivity contribution in [2.75, 3.05) is 0 Å². The quantitative estimate of drug-likeness (QED) is 0.767. The number of aliphatic carboxylic acids is 1. The summed E-state index contributed by atoms with van der Waals surface area (Å²) in [6.07, 6.45) is -0.0221. The number of hydrogen-bond donors (Lipinski definition) is 1. The molecule has 1 aliphatic heterocycles. The number of aryl methyl sites for hydroxylation is 2. The predicted molar refractivity (Wildman–Crippen MR) is 77.9 cm³/mol. The first kappa shape index (κ1) is 13.1. The van der Waals surface area contributed by atoms with Crippen LogP contribution in [0.25, 0.3) is 0 Å². The third-order valence-corrected chi connectivity index (χ3v) is 4.21. The highest BCUT2D eigenvalue weighted by molar-refractivity contribution is 7.99. The van der Waals surface area contributed by atoms with Crippen LogP contribution in [0.5, 0.6) is 11.5 Å². The summed E-state index contributed by atoms with van der Waals surface area (Å²) >= 11 is 1.63. The van der Waals surface area contributed by atoms with Gasteiger partial charge in [0.05, 0.1) is 16.2 Å². The van der Waals surface area contributed by atoms with Crippen molar-refractivity contribution < 1.29 is 14.6 Å². The maximum absolute atomic E-state index is 11.0. The molecule has 1 heterocycles. The van der Waals surface area contributed by atoms with Crippen molar-refractivity contribution in [3.8, 4) is 11.5 Å². The molecule has 1 N–H and O–H groups in total. The molecule has 2 aromatic rings. The Morgan fingerprint density at radius 1 is 1.15 bits per heavy atom. The Bertz CT molecular complexity index is 707. The van der Waals surface area contributed by atoms with Crippen LogP contribution >= 0.6 is 11.8 Å². The summed E-state index contributed by atoms with van der Waals surface area (Å²) < 4.78 is 5.94. The van der Waals surface area contributed by atoms with Gasteiger partial charge in [0, 0.05) is 5.56 Å². The van der Waals surface area contributed by atoms with Crippen molar-refractivity contribution in [3.05, 3.63) is 47.0 Å². The minimum atomic E-state index is -0.846. The first-order chi connectivity index (χ1) is 9.52. The molecule has 0 radical (unpaired) electrons. The lowest BCUT2D eigenvalue weighted by molar-refractivity contribution is -0.136. The fraction of sp³-hybridized carbons (Fsp3) is 0.188. The molecular formula is C16H14O3S. The zero-order valence-electron chi connectivity index (χ0n) is 11.3. The van der Waals surface area contributed by atoms with Gasteiger partial charge in [-0.1, -0.05) is 23.9 Å². The molecule has 0 atom stereocenters. The van der Waals surface area contributed by atoms with Crippen LogP contribution in [0.3, 0.4) is 0 Å². The summed E-state index contributed by atoms with van der Waals surface area (Å²) in [5, 5.41) is 9.03. The van der Waals surface area contributed by atoms with Gasteiger partial charge in [0.25, 0.3) is 0 Å². The molecule has 0 amide bonds.